The summed E-state index contributed by atoms with van der Waals surface area (Å²) in [6.45, 7) is 4.98. The van der Waals surface area contributed by atoms with E-state index in [9.17, 15) is 10.1 Å². The smallest absolute Gasteiger partial charge is 0.280 e. The van der Waals surface area contributed by atoms with E-state index < -0.39 is 4.92 Å². The van der Waals surface area contributed by atoms with Crippen molar-refractivity contribution in [1.82, 2.24) is 0 Å². The number of rotatable bonds is 7. The van der Waals surface area contributed by atoms with Crippen LogP contribution in [0.5, 0.6) is 0 Å². The molecule has 5 nitrogen and oxygen atoms in total. The number of hydrogen-bond acceptors (Lipinski definition) is 5. The molecule has 0 heterocycles. The van der Waals surface area contributed by atoms with Crippen molar-refractivity contribution in [2.24, 2.45) is 0 Å². The van der Waals surface area contributed by atoms with Crippen LogP contribution in [-0.2, 0) is 0 Å². The van der Waals surface area contributed by atoms with Crippen LogP contribution < -0.4 is 5.32 Å². The van der Waals surface area contributed by atoms with Gasteiger partial charge in [-0.2, -0.15) is 11.8 Å². The molecular weight excluding hydrogens is 250 g/mol. The molecule has 0 aromatic heterocycles. The van der Waals surface area contributed by atoms with Gasteiger partial charge in [0.05, 0.1) is 10.5 Å². The molecule has 0 saturated heterocycles. The quantitative estimate of drug-likeness (QED) is 0.344. The molecule has 1 aromatic carbocycles. The molecule has 2 N–H and O–H groups in total. The monoisotopic (exact) mass is 267 g/mol. The van der Waals surface area contributed by atoms with Crippen LogP contribution in [0.25, 0.3) is 0 Å². The summed E-state index contributed by atoms with van der Waals surface area (Å²) in [4.78, 5) is 10.4. The summed E-state index contributed by atoms with van der Waals surface area (Å²) in [7, 11) is 0. The summed E-state index contributed by atoms with van der Waals surface area (Å²) >= 11 is 1.82. The van der Waals surface area contributed by atoms with E-state index in [1.165, 1.54) is 6.07 Å². The van der Waals surface area contributed by atoms with Crippen LogP contribution in [0.2, 0.25) is 0 Å². The van der Waals surface area contributed by atoms with E-state index in [0.717, 1.165) is 18.5 Å². The maximum atomic E-state index is 10.8. The van der Waals surface area contributed by atoms with Crippen molar-refractivity contribution >= 4 is 29.4 Å². The van der Waals surface area contributed by atoms with Gasteiger partial charge in [0.15, 0.2) is 0 Å². The van der Waals surface area contributed by atoms with Gasteiger partial charge >= 0.3 is 0 Å². The summed E-state index contributed by atoms with van der Waals surface area (Å²) in [6, 6.07) is 4.80. The molecule has 0 aliphatic rings. The number of nitrogens with one attached hydrogen (secondary N) is 2. The first kappa shape index (κ1) is 14.5. The molecule has 0 aliphatic heterocycles. The number of anilines is 1. The van der Waals surface area contributed by atoms with Crippen LogP contribution in [0.15, 0.2) is 18.2 Å². The van der Waals surface area contributed by atoms with Gasteiger partial charge in [-0.15, -0.1) is 0 Å². The molecule has 0 atom stereocenters. The Balaban J connectivity index is 2.73. The molecule has 0 saturated carbocycles. The lowest BCUT2D eigenvalue weighted by Crippen LogP contribution is -2.08. The second-order valence-corrected chi connectivity index (χ2v) is 5.67. The Morgan fingerprint density at radius 1 is 1.56 bits per heavy atom. The molecule has 1 rings (SSSR count). The van der Waals surface area contributed by atoms with Gasteiger partial charge in [0.25, 0.3) is 5.69 Å². The zero-order chi connectivity index (χ0) is 13.5. The minimum Gasteiger partial charge on any atom is -0.383 e. The Bertz CT molecular complexity index is 435. The molecule has 0 radical (unpaired) electrons. The summed E-state index contributed by atoms with van der Waals surface area (Å²) in [6.07, 6.45) is 1.02. The lowest BCUT2D eigenvalue weighted by atomic mass is 10.1. The van der Waals surface area contributed by atoms with Gasteiger partial charge in [-0.3, -0.25) is 10.1 Å². The molecule has 98 valence electrons. The Hall–Kier alpha value is -1.56. The van der Waals surface area contributed by atoms with E-state index in [0.29, 0.717) is 16.5 Å². The summed E-state index contributed by atoms with van der Waals surface area (Å²) in [5, 5.41) is 21.8. The standard InChI is InChI=1S/C12H17N3O2S/c1-9(2)18-7-6-14-11-4-3-5-12(15(16)17)10(11)8-13/h3-5,8-9,13-14H,6-7H2,1-2H3. The Kier molecular flexibility index (Phi) is 5.64. The van der Waals surface area contributed by atoms with Crippen molar-refractivity contribution in [3.8, 4) is 0 Å². The summed E-state index contributed by atoms with van der Waals surface area (Å²) in [5.74, 6) is 0.928. The molecular formula is C12H17N3O2S. The first-order chi connectivity index (χ1) is 8.56. The van der Waals surface area contributed by atoms with Gasteiger partial charge in [0.1, 0.15) is 0 Å². The molecule has 6 heteroatoms. The molecule has 1 aromatic rings. The molecule has 0 fully saturated rings. The lowest BCUT2D eigenvalue weighted by Gasteiger charge is -2.10. The minimum atomic E-state index is -0.464. The number of hydrogen-bond donors (Lipinski definition) is 2. The van der Waals surface area contributed by atoms with Crippen molar-refractivity contribution in [1.29, 1.82) is 5.41 Å². The molecule has 0 bridgehead atoms. The van der Waals surface area contributed by atoms with Crippen LogP contribution >= 0.6 is 11.8 Å². The van der Waals surface area contributed by atoms with Crippen molar-refractivity contribution in [3.05, 3.63) is 33.9 Å². The number of thioether (sulfide) groups is 1. The normalized spacial score (nSPS) is 10.4. The fraction of sp³-hybridized carbons (Fsp3) is 0.417. The third-order valence-corrected chi connectivity index (χ3v) is 3.40. The topological polar surface area (TPSA) is 79.0 Å². The average molecular weight is 267 g/mol. The average Bonchev–Trinajstić information content (AvgIpc) is 2.33. The number of benzene rings is 1. The second-order valence-electron chi connectivity index (χ2n) is 3.99. The van der Waals surface area contributed by atoms with Gasteiger partial charge < -0.3 is 10.7 Å². The molecule has 0 unspecified atom stereocenters. The fourth-order valence-corrected chi connectivity index (χ4v) is 2.19. The number of nitro benzene ring substituents is 1. The third kappa shape index (κ3) is 4.03. The van der Waals surface area contributed by atoms with Crippen LogP contribution in [0.1, 0.15) is 19.4 Å². The Morgan fingerprint density at radius 3 is 2.83 bits per heavy atom. The van der Waals surface area contributed by atoms with E-state index in [1.54, 1.807) is 12.1 Å². The molecule has 0 spiro atoms. The summed E-state index contributed by atoms with van der Waals surface area (Å²) < 4.78 is 0. The number of nitro groups is 1. The predicted molar refractivity (Wildman–Crippen MR) is 77.1 cm³/mol. The SMILES string of the molecule is CC(C)SCCNc1cccc([N+](=O)[O-])c1C=N. The van der Waals surface area contributed by atoms with Crippen molar-refractivity contribution in [3.63, 3.8) is 0 Å². The maximum Gasteiger partial charge on any atom is 0.280 e. The van der Waals surface area contributed by atoms with E-state index in [4.69, 9.17) is 5.41 Å². The van der Waals surface area contributed by atoms with Crippen molar-refractivity contribution < 1.29 is 4.92 Å². The van der Waals surface area contributed by atoms with Crippen molar-refractivity contribution in [2.75, 3.05) is 17.6 Å². The number of nitrogens with zero attached hydrogens (tertiary/aromatic N) is 1. The van der Waals surface area contributed by atoms with E-state index in [1.807, 2.05) is 11.8 Å². The minimum absolute atomic E-state index is 0.0356. The highest BCUT2D eigenvalue weighted by molar-refractivity contribution is 7.99. The van der Waals surface area contributed by atoms with Crippen LogP contribution in [0.4, 0.5) is 11.4 Å². The first-order valence-electron chi connectivity index (χ1n) is 5.69. The van der Waals surface area contributed by atoms with Gasteiger partial charge in [0.2, 0.25) is 0 Å². The second kappa shape index (κ2) is 7.00. The third-order valence-electron chi connectivity index (χ3n) is 2.29. The highest BCUT2D eigenvalue weighted by atomic mass is 32.2. The van der Waals surface area contributed by atoms with Gasteiger partial charge in [-0.25, -0.2) is 0 Å². The predicted octanol–water partition coefficient (Wildman–Crippen LogP) is 3.15. The van der Waals surface area contributed by atoms with E-state index >= 15 is 0 Å². The molecule has 0 amide bonds. The molecule has 18 heavy (non-hydrogen) atoms. The van der Waals surface area contributed by atoms with Crippen LogP contribution in [0.3, 0.4) is 0 Å². The van der Waals surface area contributed by atoms with Crippen LogP contribution in [-0.4, -0.2) is 28.7 Å². The van der Waals surface area contributed by atoms with Crippen LogP contribution in [0, 0.1) is 15.5 Å². The highest BCUT2D eigenvalue weighted by Gasteiger charge is 2.14. The Labute approximate surface area is 111 Å². The maximum absolute atomic E-state index is 10.8. The molecule has 0 aliphatic carbocycles. The zero-order valence-electron chi connectivity index (χ0n) is 10.5. The highest BCUT2D eigenvalue weighted by Crippen LogP contribution is 2.24. The lowest BCUT2D eigenvalue weighted by molar-refractivity contribution is -0.384. The fourth-order valence-electron chi connectivity index (χ4n) is 1.50. The van der Waals surface area contributed by atoms with E-state index in [2.05, 4.69) is 19.2 Å². The Morgan fingerprint density at radius 2 is 2.28 bits per heavy atom. The summed E-state index contributed by atoms with van der Waals surface area (Å²) in [5.41, 5.74) is 0.937. The van der Waals surface area contributed by atoms with E-state index in [-0.39, 0.29) is 5.69 Å². The van der Waals surface area contributed by atoms with Gasteiger partial charge in [-0.1, -0.05) is 19.9 Å². The van der Waals surface area contributed by atoms with Gasteiger partial charge in [0, 0.05) is 30.3 Å². The first-order valence-corrected chi connectivity index (χ1v) is 6.74. The largest absolute Gasteiger partial charge is 0.383 e. The van der Waals surface area contributed by atoms with Gasteiger partial charge in [-0.05, 0) is 11.3 Å². The van der Waals surface area contributed by atoms with Crippen molar-refractivity contribution in [2.45, 2.75) is 19.1 Å². The zero-order valence-corrected chi connectivity index (χ0v) is 11.3.